The first-order chi connectivity index (χ1) is 6.27. The number of rotatable bonds is 4. The van der Waals surface area contributed by atoms with Crippen molar-refractivity contribution in [2.45, 2.75) is 57.2 Å². The predicted octanol–water partition coefficient (Wildman–Crippen LogP) is 1.29. The fraction of sp³-hybridized carbons (Fsp3) is 0.818. The lowest BCUT2D eigenvalue weighted by Gasteiger charge is -2.22. The summed E-state index contributed by atoms with van der Waals surface area (Å²) in [6, 6.07) is 0.654. The van der Waals surface area contributed by atoms with Gasteiger partial charge in [-0.25, -0.2) is 0 Å². The average molecular weight is 181 g/mol. The predicted molar refractivity (Wildman–Crippen MR) is 54.3 cm³/mol. The van der Waals surface area contributed by atoms with Gasteiger partial charge in [0.1, 0.15) is 0 Å². The molecule has 0 aromatic carbocycles. The second kappa shape index (κ2) is 5.26. The number of hydrogen-bond acceptors (Lipinski definition) is 2. The van der Waals surface area contributed by atoms with Gasteiger partial charge in [0.2, 0.25) is 0 Å². The standard InChI is InChI=1S/C11H19NO/c1-3-6-9(4-2)12-10-7-5-8-11(10)13/h1,9-13H,4-8H2,2H3. The van der Waals surface area contributed by atoms with Crippen LogP contribution < -0.4 is 5.32 Å². The van der Waals surface area contributed by atoms with Gasteiger partial charge in [-0.05, 0) is 25.7 Å². The van der Waals surface area contributed by atoms with Crippen molar-refractivity contribution >= 4 is 0 Å². The molecule has 1 aliphatic rings. The van der Waals surface area contributed by atoms with Crippen LogP contribution in [0.4, 0.5) is 0 Å². The van der Waals surface area contributed by atoms with E-state index in [1.54, 1.807) is 0 Å². The van der Waals surface area contributed by atoms with Gasteiger partial charge in [0.05, 0.1) is 6.10 Å². The molecule has 13 heavy (non-hydrogen) atoms. The van der Waals surface area contributed by atoms with E-state index < -0.39 is 0 Å². The highest BCUT2D eigenvalue weighted by atomic mass is 16.3. The molecule has 74 valence electrons. The Kier molecular flexibility index (Phi) is 4.27. The van der Waals surface area contributed by atoms with Crippen LogP contribution in [0.2, 0.25) is 0 Å². The van der Waals surface area contributed by atoms with Gasteiger partial charge in [-0.15, -0.1) is 12.3 Å². The molecular weight excluding hydrogens is 162 g/mol. The van der Waals surface area contributed by atoms with Gasteiger partial charge < -0.3 is 10.4 Å². The Bertz CT molecular complexity index is 185. The largest absolute Gasteiger partial charge is 0.392 e. The Balaban J connectivity index is 2.32. The first kappa shape index (κ1) is 10.6. The van der Waals surface area contributed by atoms with Crippen molar-refractivity contribution in [2.24, 2.45) is 0 Å². The summed E-state index contributed by atoms with van der Waals surface area (Å²) in [5.41, 5.74) is 0. The van der Waals surface area contributed by atoms with Gasteiger partial charge >= 0.3 is 0 Å². The van der Waals surface area contributed by atoms with Crippen LogP contribution in [-0.2, 0) is 0 Å². The molecule has 0 bridgehead atoms. The molecule has 1 rings (SSSR count). The summed E-state index contributed by atoms with van der Waals surface area (Å²) in [6.45, 7) is 2.12. The maximum atomic E-state index is 9.59. The van der Waals surface area contributed by atoms with E-state index in [0.717, 1.165) is 32.1 Å². The Morgan fingerprint density at radius 3 is 2.85 bits per heavy atom. The topological polar surface area (TPSA) is 32.3 Å². The SMILES string of the molecule is C#CCC(CC)NC1CCCC1O. The molecule has 1 aliphatic carbocycles. The van der Waals surface area contributed by atoms with Crippen molar-refractivity contribution in [1.29, 1.82) is 0 Å². The van der Waals surface area contributed by atoms with E-state index in [4.69, 9.17) is 6.42 Å². The molecule has 2 nitrogen and oxygen atoms in total. The third kappa shape index (κ3) is 3.02. The summed E-state index contributed by atoms with van der Waals surface area (Å²) in [6.07, 6.45) is 10.1. The van der Waals surface area contributed by atoms with E-state index in [-0.39, 0.29) is 12.1 Å². The molecule has 3 unspecified atom stereocenters. The quantitative estimate of drug-likeness (QED) is 0.641. The molecule has 0 heterocycles. The van der Waals surface area contributed by atoms with Crippen LogP contribution in [-0.4, -0.2) is 23.3 Å². The maximum Gasteiger partial charge on any atom is 0.0693 e. The van der Waals surface area contributed by atoms with Crippen LogP contribution in [0.5, 0.6) is 0 Å². The van der Waals surface area contributed by atoms with Gasteiger partial charge in [0.25, 0.3) is 0 Å². The summed E-state index contributed by atoms with van der Waals surface area (Å²) in [5.74, 6) is 2.66. The molecule has 2 heteroatoms. The smallest absolute Gasteiger partial charge is 0.0693 e. The van der Waals surface area contributed by atoms with Crippen molar-refractivity contribution in [3.05, 3.63) is 0 Å². The van der Waals surface area contributed by atoms with Crippen LogP contribution in [0.1, 0.15) is 39.0 Å². The summed E-state index contributed by atoms with van der Waals surface area (Å²) >= 11 is 0. The molecule has 0 spiro atoms. The molecule has 0 aromatic heterocycles. The minimum atomic E-state index is -0.160. The van der Waals surface area contributed by atoms with E-state index in [2.05, 4.69) is 18.2 Å². The van der Waals surface area contributed by atoms with Gasteiger partial charge in [0, 0.05) is 18.5 Å². The van der Waals surface area contributed by atoms with E-state index in [1.807, 2.05) is 0 Å². The number of nitrogens with one attached hydrogen (secondary N) is 1. The fourth-order valence-corrected chi connectivity index (χ4v) is 1.90. The maximum absolute atomic E-state index is 9.59. The minimum absolute atomic E-state index is 0.160. The first-order valence-electron chi connectivity index (χ1n) is 5.15. The highest BCUT2D eigenvalue weighted by molar-refractivity contribution is 4.92. The molecule has 0 radical (unpaired) electrons. The highest BCUT2D eigenvalue weighted by Gasteiger charge is 2.26. The lowest BCUT2D eigenvalue weighted by atomic mass is 10.1. The van der Waals surface area contributed by atoms with Crippen LogP contribution in [0.25, 0.3) is 0 Å². The number of aliphatic hydroxyl groups is 1. The Morgan fingerprint density at radius 1 is 1.62 bits per heavy atom. The van der Waals surface area contributed by atoms with Crippen LogP contribution >= 0.6 is 0 Å². The van der Waals surface area contributed by atoms with E-state index >= 15 is 0 Å². The lowest BCUT2D eigenvalue weighted by molar-refractivity contribution is 0.142. The zero-order valence-electron chi connectivity index (χ0n) is 8.29. The molecule has 0 aromatic rings. The van der Waals surface area contributed by atoms with Gasteiger partial charge in [-0.1, -0.05) is 6.92 Å². The summed E-state index contributed by atoms with van der Waals surface area (Å²) in [5, 5.41) is 13.0. The number of terminal acetylenes is 1. The number of aliphatic hydroxyl groups excluding tert-OH is 1. The van der Waals surface area contributed by atoms with Gasteiger partial charge in [-0.3, -0.25) is 0 Å². The molecular formula is C11H19NO. The van der Waals surface area contributed by atoms with E-state index in [9.17, 15) is 5.11 Å². The van der Waals surface area contributed by atoms with Crippen LogP contribution in [0.3, 0.4) is 0 Å². The number of hydrogen-bond donors (Lipinski definition) is 2. The van der Waals surface area contributed by atoms with E-state index in [0.29, 0.717) is 6.04 Å². The van der Waals surface area contributed by atoms with Crippen LogP contribution in [0, 0.1) is 12.3 Å². The van der Waals surface area contributed by atoms with Crippen molar-refractivity contribution in [3.63, 3.8) is 0 Å². The molecule has 0 amide bonds. The normalized spacial score (nSPS) is 29.9. The molecule has 1 fully saturated rings. The van der Waals surface area contributed by atoms with Crippen molar-refractivity contribution in [2.75, 3.05) is 0 Å². The van der Waals surface area contributed by atoms with Crippen molar-refractivity contribution < 1.29 is 5.11 Å². The van der Waals surface area contributed by atoms with Gasteiger partial charge in [0.15, 0.2) is 0 Å². The lowest BCUT2D eigenvalue weighted by Crippen LogP contribution is -2.42. The first-order valence-corrected chi connectivity index (χ1v) is 5.15. The molecule has 1 saturated carbocycles. The van der Waals surface area contributed by atoms with Crippen LogP contribution in [0.15, 0.2) is 0 Å². The summed E-state index contributed by atoms with van der Waals surface area (Å²) < 4.78 is 0. The molecule has 3 atom stereocenters. The third-order valence-electron chi connectivity index (χ3n) is 2.79. The third-order valence-corrected chi connectivity index (χ3v) is 2.79. The Labute approximate surface area is 80.7 Å². The van der Waals surface area contributed by atoms with Crippen molar-refractivity contribution in [1.82, 2.24) is 5.32 Å². The van der Waals surface area contributed by atoms with Gasteiger partial charge in [-0.2, -0.15) is 0 Å². The second-order valence-corrected chi connectivity index (χ2v) is 3.78. The highest BCUT2D eigenvalue weighted by Crippen LogP contribution is 2.19. The Hall–Kier alpha value is -0.520. The average Bonchev–Trinajstić information content (AvgIpc) is 2.51. The molecule has 2 N–H and O–H groups in total. The second-order valence-electron chi connectivity index (χ2n) is 3.78. The van der Waals surface area contributed by atoms with Crippen molar-refractivity contribution in [3.8, 4) is 12.3 Å². The minimum Gasteiger partial charge on any atom is -0.392 e. The Morgan fingerprint density at radius 2 is 2.38 bits per heavy atom. The monoisotopic (exact) mass is 181 g/mol. The fourth-order valence-electron chi connectivity index (χ4n) is 1.90. The zero-order valence-corrected chi connectivity index (χ0v) is 8.29. The summed E-state index contributed by atoms with van der Waals surface area (Å²) in [4.78, 5) is 0. The summed E-state index contributed by atoms with van der Waals surface area (Å²) in [7, 11) is 0. The molecule has 0 saturated heterocycles. The zero-order chi connectivity index (χ0) is 9.68. The molecule has 0 aliphatic heterocycles. The van der Waals surface area contributed by atoms with E-state index in [1.165, 1.54) is 0 Å².